The fourth-order valence-electron chi connectivity index (χ4n) is 3.92. The van der Waals surface area contributed by atoms with Crippen molar-refractivity contribution in [2.45, 2.75) is 25.7 Å². The SMILES string of the molecule is CC(=O)N1CCN(c2ccc([C@@H](CO)Nc3ccc(OCc4ccc(C(F)(F)F)nc4)nn3)cc2)CC1. The number of benzene rings is 1. The van der Waals surface area contributed by atoms with Gasteiger partial charge in [-0.2, -0.15) is 13.2 Å². The van der Waals surface area contributed by atoms with Gasteiger partial charge in [0.1, 0.15) is 18.1 Å². The average Bonchev–Trinajstić information content (AvgIpc) is 2.91. The smallest absolute Gasteiger partial charge is 0.433 e. The predicted molar refractivity (Wildman–Crippen MR) is 130 cm³/mol. The maximum Gasteiger partial charge on any atom is 0.433 e. The second-order valence-electron chi connectivity index (χ2n) is 8.56. The van der Waals surface area contributed by atoms with E-state index in [0.29, 0.717) is 24.5 Å². The maximum absolute atomic E-state index is 12.6. The van der Waals surface area contributed by atoms with Crippen LogP contribution in [-0.2, 0) is 17.6 Å². The molecule has 1 aromatic carbocycles. The van der Waals surface area contributed by atoms with Crippen LogP contribution in [0.25, 0.3) is 0 Å². The van der Waals surface area contributed by atoms with Gasteiger partial charge in [0.25, 0.3) is 0 Å². The van der Waals surface area contributed by atoms with E-state index in [1.54, 1.807) is 19.1 Å². The first-order valence-corrected chi connectivity index (χ1v) is 11.7. The first-order chi connectivity index (χ1) is 17.7. The van der Waals surface area contributed by atoms with Gasteiger partial charge < -0.3 is 25.0 Å². The number of carbonyl (C=O) groups is 1. The minimum absolute atomic E-state index is 0.0119. The van der Waals surface area contributed by atoms with Crippen LogP contribution in [0.3, 0.4) is 0 Å². The summed E-state index contributed by atoms with van der Waals surface area (Å²) in [6.45, 7) is 4.31. The molecule has 1 fully saturated rings. The van der Waals surface area contributed by atoms with Gasteiger partial charge in [-0.25, -0.2) is 0 Å². The zero-order valence-corrected chi connectivity index (χ0v) is 20.1. The first-order valence-electron chi connectivity index (χ1n) is 11.7. The van der Waals surface area contributed by atoms with Crippen molar-refractivity contribution in [3.05, 3.63) is 71.5 Å². The van der Waals surface area contributed by atoms with Crippen LogP contribution < -0.4 is 15.0 Å². The van der Waals surface area contributed by atoms with E-state index in [1.807, 2.05) is 29.2 Å². The maximum atomic E-state index is 12.6. The van der Waals surface area contributed by atoms with E-state index in [1.165, 1.54) is 6.07 Å². The van der Waals surface area contributed by atoms with Gasteiger partial charge in [0, 0.05) is 56.6 Å². The lowest BCUT2D eigenvalue weighted by atomic mass is 10.1. The lowest BCUT2D eigenvalue weighted by molar-refractivity contribution is -0.141. The molecule has 196 valence electrons. The number of alkyl halides is 3. The first kappa shape index (κ1) is 26.1. The molecule has 12 heteroatoms. The monoisotopic (exact) mass is 516 g/mol. The normalized spacial score (nSPS) is 14.8. The second kappa shape index (κ2) is 11.4. The van der Waals surface area contributed by atoms with Gasteiger partial charge in [0.15, 0.2) is 0 Å². The summed E-state index contributed by atoms with van der Waals surface area (Å²) in [5.74, 6) is 0.707. The summed E-state index contributed by atoms with van der Waals surface area (Å²) in [6.07, 6.45) is -3.38. The number of aromatic nitrogens is 3. The van der Waals surface area contributed by atoms with Gasteiger partial charge >= 0.3 is 6.18 Å². The van der Waals surface area contributed by atoms with Crippen molar-refractivity contribution in [1.82, 2.24) is 20.1 Å². The largest absolute Gasteiger partial charge is 0.472 e. The fourth-order valence-corrected chi connectivity index (χ4v) is 3.92. The Bertz CT molecular complexity index is 1170. The number of ether oxygens (including phenoxy) is 1. The molecule has 2 N–H and O–H groups in total. The van der Waals surface area contributed by atoms with Gasteiger partial charge in [-0.15, -0.1) is 10.2 Å². The second-order valence-corrected chi connectivity index (χ2v) is 8.56. The third-order valence-corrected chi connectivity index (χ3v) is 6.03. The molecule has 0 unspecified atom stereocenters. The highest BCUT2D eigenvalue weighted by atomic mass is 19.4. The molecule has 0 radical (unpaired) electrons. The molecule has 2 aromatic heterocycles. The Labute approximate surface area is 211 Å². The molecule has 9 nitrogen and oxygen atoms in total. The molecule has 1 amide bonds. The number of piperazine rings is 1. The third-order valence-electron chi connectivity index (χ3n) is 6.03. The Balaban J connectivity index is 1.30. The third kappa shape index (κ3) is 6.85. The van der Waals surface area contributed by atoms with Crippen LogP contribution in [0.2, 0.25) is 0 Å². The molecule has 1 aliphatic rings. The molecule has 1 aliphatic heterocycles. The van der Waals surface area contributed by atoms with E-state index in [2.05, 4.69) is 25.4 Å². The number of nitrogens with zero attached hydrogens (tertiary/aromatic N) is 5. The number of nitrogens with one attached hydrogen (secondary N) is 1. The summed E-state index contributed by atoms with van der Waals surface area (Å²) in [6, 6.07) is 12.8. The molecule has 0 bridgehead atoms. The fraction of sp³-hybridized carbons (Fsp3) is 0.360. The summed E-state index contributed by atoms with van der Waals surface area (Å²) in [4.78, 5) is 19.0. The van der Waals surface area contributed by atoms with Gasteiger partial charge in [0.2, 0.25) is 11.8 Å². The minimum atomic E-state index is -4.49. The topological polar surface area (TPSA) is 104 Å². The van der Waals surface area contributed by atoms with Crippen LogP contribution in [0.15, 0.2) is 54.7 Å². The number of hydrogen-bond donors (Lipinski definition) is 2. The van der Waals surface area contributed by atoms with Crippen molar-refractivity contribution in [3.8, 4) is 5.88 Å². The number of aliphatic hydroxyl groups excluding tert-OH is 1. The van der Waals surface area contributed by atoms with Gasteiger partial charge in [0.05, 0.1) is 12.6 Å². The number of pyridine rings is 1. The van der Waals surface area contributed by atoms with Crippen LogP contribution in [0.4, 0.5) is 24.7 Å². The van der Waals surface area contributed by atoms with Gasteiger partial charge in [-0.05, 0) is 29.8 Å². The zero-order chi connectivity index (χ0) is 26.4. The lowest BCUT2D eigenvalue weighted by Gasteiger charge is -2.35. The Kier molecular flexibility index (Phi) is 8.07. The van der Waals surface area contributed by atoms with Crippen molar-refractivity contribution >= 4 is 17.4 Å². The summed E-state index contributed by atoms with van der Waals surface area (Å²) in [7, 11) is 0. The highest BCUT2D eigenvalue weighted by Crippen LogP contribution is 2.27. The molecule has 37 heavy (non-hydrogen) atoms. The predicted octanol–water partition coefficient (Wildman–Crippen LogP) is 3.28. The van der Waals surface area contributed by atoms with E-state index in [9.17, 15) is 23.1 Å². The number of amides is 1. The number of carbonyl (C=O) groups excluding carboxylic acids is 1. The Hall–Kier alpha value is -3.93. The molecule has 3 aromatic rings. The van der Waals surface area contributed by atoms with E-state index in [4.69, 9.17) is 4.74 Å². The van der Waals surface area contributed by atoms with Crippen LogP contribution >= 0.6 is 0 Å². The highest BCUT2D eigenvalue weighted by molar-refractivity contribution is 5.73. The van der Waals surface area contributed by atoms with Crippen molar-refractivity contribution in [2.24, 2.45) is 0 Å². The number of anilines is 2. The van der Waals surface area contributed by atoms with Crippen molar-refractivity contribution < 1.29 is 27.8 Å². The zero-order valence-electron chi connectivity index (χ0n) is 20.1. The Morgan fingerprint density at radius 2 is 1.78 bits per heavy atom. The van der Waals surface area contributed by atoms with Crippen molar-refractivity contribution in [3.63, 3.8) is 0 Å². The molecule has 0 aliphatic carbocycles. The molecule has 1 atom stereocenters. The van der Waals surface area contributed by atoms with Gasteiger partial charge in [-0.1, -0.05) is 18.2 Å². The highest BCUT2D eigenvalue weighted by Gasteiger charge is 2.32. The van der Waals surface area contributed by atoms with Crippen LogP contribution in [0.1, 0.15) is 29.8 Å². The standard InChI is InChI=1S/C25H27F3N6O3/c1-17(36)33-10-12-34(13-11-33)20-5-3-19(4-6-20)21(15-35)30-23-8-9-24(32-31-23)37-16-18-2-7-22(29-14-18)25(26,27)28/h2-9,14,21,35H,10-13,15-16H2,1H3,(H,30,31)/t21-/m1/s1. The van der Waals surface area contributed by atoms with E-state index >= 15 is 0 Å². The molecular formula is C25H27F3N6O3. The van der Waals surface area contributed by atoms with Crippen molar-refractivity contribution in [1.29, 1.82) is 0 Å². The number of rotatable bonds is 8. The van der Waals surface area contributed by atoms with Crippen LogP contribution in [0, 0.1) is 0 Å². The lowest BCUT2D eigenvalue weighted by Crippen LogP contribution is -2.48. The number of aliphatic hydroxyl groups is 1. The summed E-state index contributed by atoms with van der Waals surface area (Å²) < 4.78 is 43.3. The Morgan fingerprint density at radius 3 is 2.32 bits per heavy atom. The number of hydrogen-bond acceptors (Lipinski definition) is 8. The Morgan fingerprint density at radius 1 is 1.05 bits per heavy atom. The molecule has 1 saturated heterocycles. The molecular weight excluding hydrogens is 489 g/mol. The quantitative estimate of drug-likeness (QED) is 0.470. The molecule has 0 saturated carbocycles. The van der Waals surface area contributed by atoms with E-state index in [-0.39, 0.29) is 25.0 Å². The summed E-state index contributed by atoms with van der Waals surface area (Å²) in [5.41, 5.74) is 1.41. The van der Waals surface area contributed by atoms with Crippen LogP contribution in [0.5, 0.6) is 5.88 Å². The molecule has 0 spiro atoms. The van der Waals surface area contributed by atoms with E-state index < -0.39 is 17.9 Å². The van der Waals surface area contributed by atoms with Gasteiger partial charge in [-0.3, -0.25) is 9.78 Å². The molecule has 4 rings (SSSR count). The minimum Gasteiger partial charge on any atom is -0.472 e. The molecule has 3 heterocycles. The summed E-state index contributed by atoms with van der Waals surface area (Å²) in [5, 5.41) is 21.1. The average molecular weight is 517 g/mol. The van der Waals surface area contributed by atoms with Crippen LogP contribution in [-0.4, -0.2) is 63.9 Å². The summed E-state index contributed by atoms with van der Waals surface area (Å²) >= 11 is 0. The number of halogens is 3. The van der Waals surface area contributed by atoms with Crippen molar-refractivity contribution in [2.75, 3.05) is 43.0 Å². The van der Waals surface area contributed by atoms with E-state index in [0.717, 1.165) is 36.6 Å².